The van der Waals surface area contributed by atoms with Crippen molar-refractivity contribution in [2.24, 2.45) is 0 Å². The maximum atomic E-state index is 12.5. The van der Waals surface area contributed by atoms with Gasteiger partial charge in [-0.25, -0.2) is 4.68 Å². The van der Waals surface area contributed by atoms with E-state index in [2.05, 4.69) is 15.6 Å². The number of nitrogens with zero attached hydrogens (tertiary/aromatic N) is 3. The normalized spacial score (nSPS) is 11.2. The van der Waals surface area contributed by atoms with E-state index in [1.54, 1.807) is 6.20 Å². The van der Waals surface area contributed by atoms with Gasteiger partial charge in [0, 0.05) is 18.9 Å². The lowest BCUT2D eigenvalue weighted by atomic mass is 10.2. The van der Waals surface area contributed by atoms with Crippen molar-refractivity contribution in [2.45, 2.75) is 53.6 Å². The van der Waals surface area contributed by atoms with Gasteiger partial charge in [0.05, 0.1) is 18.8 Å². The van der Waals surface area contributed by atoms with Gasteiger partial charge in [0.15, 0.2) is 12.0 Å². The molecule has 0 saturated heterocycles. The first-order chi connectivity index (χ1) is 12.9. The fourth-order valence-corrected chi connectivity index (χ4v) is 2.48. The van der Waals surface area contributed by atoms with Crippen LogP contribution < -0.4 is 10.1 Å². The zero-order chi connectivity index (χ0) is 19.8. The Labute approximate surface area is 159 Å². The number of aromatic nitrogens is 3. The molecular formula is C19H28N4O4. The molecule has 0 bridgehead atoms. The van der Waals surface area contributed by atoms with E-state index in [4.69, 9.17) is 14.2 Å². The maximum Gasteiger partial charge on any atom is 0.277 e. The van der Waals surface area contributed by atoms with Gasteiger partial charge in [0.1, 0.15) is 5.75 Å². The Morgan fingerprint density at radius 3 is 2.52 bits per heavy atom. The number of rotatable bonds is 10. The monoisotopic (exact) mass is 376 g/mol. The highest BCUT2D eigenvalue weighted by Crippen LogP contribution is 2.22. The van der Waals surface area contributed by atoms with Crippen LogP contribution in [-0.4, -0.2) is 46.5 Å². The molecule has 0 spiro atoms. The molecular weight excluding hydrogens is 348 g/mol. The number of amides is 1. The summed E-state index contributed by atoms with van der Waals surface area (Å²) >= 11 is 0. The van der Waals surface area contributed by atoms with E-state index in [0.717, 1.165) is 11.3 Å². The van der Waals surface area contributed by atoms with Gasteiger partial charge in [-0.2, -0.15) is 0 Å². The van der Waals surface area contributed by atoms with E-state index < -0.39 is 6.29 Å². The van der Waals surface area contributed by atoms with Crippen molar-refractivity contribution in [1.29, 1.82) is 0 Å². The minimum Gasteiger partial charge on any atom is -0.491 e. The first-order valence-corrected chi connectivity index (χ1v) is 9.14. The van der Waals surface area contributed by atoms with Crippen molar-refractivity contribution < 1.29 is 19.0 Å². The van der Waals surface area contributed by atoms with Gasteiger partial charge < -0.3 is 19.5 Å². The second-order valence-electron chi connectivity index (χ2n) is 6.26. The SMILES string of the molecule is CCOC(Cn1cc(C(=O)Nc2ccc(OC(C)C)cc2C)nn1)OCC. The fourth-order valence-electron chi connectivity index (χ4n) is 2.48. The molecule has 0 aliphatic heterocycles. The van der Waals surface area contributed by atoms with E-state index in [-0.39, 0.29) is 17.7 Å². The number of carbonyl (C=O) groups is 1. The van der Waals surface area contributed by atoms with Crippen molar-refractivity contribution in [3.63, 3.8) is 0 Å². The number of nitrogens with one attached hydrogen (secondary N) is 1. The van der Waals surface area contributed by atoms with Crippen LogP contribution in [0.2, 0.25) is 0 Å². The Balaban J connectivity index is 2.01. The number of carbonyl (C=O) groups excluding carboxylic acids is 1. The number of ether oxygens (including phenoxy) is 3. The highest BCUT2D eigenvalue weighted by molar-refractivity contribution is 6.03. The molecule has 8 nitrogen and oxygen atoms in total. The standard InChI is InChI=1S/C19H28N4O4/c1-6-25-18(26-7-2)12-23-11-17(21-22-23)19(24)20-16-9-8-15(10-14(16)5)27-13(3)4/h8-11,13,18H,6-7,12H2,1-5H3,(H,20,24). The third-order valence-electron chi connectivity index (χ3n) is 3.63. The van der Waals surface area contributed by atoms with Crippen molar-refractivity contribution in [1.82, 2.24) is 15.0 Å². The molecule has 27 heavy (non-hydrogen) atoms. The van der Waals surface area contributed by atoms with E-state index in [1.807, 2.05) is 52.8 Å². The minimum atomic E-state index is -0.423. The van der Waals surface area contributed by atoms with E-state index >= 15 is 0 Å². The first-order valence-electron chi connectivity index (χ1n) is 9.14. The van der Waals surface area contributed by atoms with Crippen molar-refractivity contribution in [3.05, 3.63) is 35.7 Å². The van der Waals surface area contributed by atoms with Gasteiger partial charge in [0.2, 0.25) is 0 Å². The van der Waals surface area contributed by atoms with E-state index in [0.29, 0.717) is 25.4 Å². The molecule has 8 heteroatoms. The highest BCUT2D eigenvalue weighted by Gasteiger charge is 2.15. The molecule has 0 fully saturated rings. The number of hydrogen-bond acceptors (Lipinski definition) is 6. The molecule has 2 aromatic rings. The summed E-state index contributed by atoms with van der Waals surface area (Å²) in [6, 6.07) is 5.53. The van der Waals surface area contributed by atoms with Crippen LogP contribution in [0.25, 0.3) is 0 Å². The molecule has 1 aromatic carbocycles. The molecule has 0 unspecified atom stereocenters. The summed E-state index contributed by atoms with van der Waals surface area (Å²) in [4.78, 5) is 12.5. The van der Waals surface area contributed by atoms with Crippen LogP contribution in [0.3, 0.4) is 0 Å². The lowest BCUT2D eigenvalue weighted by molar-refractivity contribution is -0.145. The number of benzene rings is 1. The molecule has 0 radical (unpaired) electrons. The Morgan fingerprint density at radius 2 is 1.93 bits per heavy atom. The van der Waals surface area contributed by atoms with Crippen LogP contribution in [-0.2, 0) is 16.0 Å². The fraction of sp³-hybridized carbons (Fsp3) is 0.526. The van der Waals surface area contributed by atoms with Gasteiger partial charge >= 0.3 is 0 Å². The van der Waals surface area contributed by atoms with Gasteiger partial charge in [0.25, 0.3) is 5.91 Å². The van der Waals surface area contributed by atoms with Crippen LogP contribution >= 0.6 is 0 Å². The van der Waals surface area contributed by atoms with Crippen LogP contribution in [0.1, 0.15) is 43.7 Å². The molecule has 1 heterocycles. The lowest BCUT2D eigenvalue weighted by Gasteiger charge is -2.16. The second-order valence-corrected chi connectivity index (χ2v) is 6.26. The topological polar surface area (TPSA) is 87.5 Å². The number of anilines is 1. The average molecular weight is 376 g/mol. The summed E-state index contributed by atoms with van der Waals surface area (Å²) in [5.41, 5.74) is 1.83. The van der Waals surface area contributed by atoms with Gasteiger partial charge in [-0.1, -0.05) is 5.21 Å². The summed E-state index contributed by atoms with van der Waals surface area (Å²) in [6.45, 7) is 11.1. The largest absolute Gasteiger partial charge is 0.491 e. The molecule has 0 atom stereocenters. The third kappa shape index (κ3) is 6.33. The Morgan fingerprint density at radius 1 is 1.22 bits per heavy atom. The Kier molecular flexibility index (Phi) is 7.75. The van der Waals surface area contributed by atoms with Crippen LogP contribution in [0.4, 0.5) is 5.69 Å². The quantitative estimate of drug-likeness (QED) is 0.641. The average Bonchev–Trinajstić information content (AvgIpc) is 3.06. The molecule has 148 valence electrons. The molecule has 1 amide bonds. The van der Waals surface area contributed by atoms with Crippen LogP contribution in [0.15, 0.2) is 24.4 Å². The first kappa shape index (κ1) is 20.9. The summed E-state index contributed by atoms with van der Waals surface area (Å²) in [5, 5.41) is 10.8. The summed E-state index contributed by atoms with van der Waals surface area (Å²) in [5.74, 6) is 0.440. The molecule has 1 N–H and O–H groups in total. The molecule has 0 aliphatic carbocycles. The molecule has 1 aromatic heterocycles. The number of hydrogen-bond donors (Lipinski definition) is 1. The zero-order valence-corrected chi connectivity index (χ0v) is 16.6. The van der Waals surface area contributed by atoms with Gasteiger partial charge in [-0.3, -0.25) is 4.79 Å². The molecule has 2 rings (SSSR count). The number of aryl methyl sites for hydroxylation is 1. The van der Waals surface area contributed by atoms with E-state index in [9.17, 15) is 4.79 Å². The Bertz CT molecular complexity index is 739. The summed E-state index contributed by atoms with van der Waals surface area (Å²) < 4.78 is 18.2. The summed E-state index contributed by atoms with van der Waals surface area (Å²) in [6.07, 6.45) is 1.25. The highest BCUT2D eigenvalue weighted by atomic mass is 16.7. The third-order valence-corrected chi connectivity index (χ3v) is 3.63. The van der Waals surface area contributed by atoms with Gasteiger partial charge in [-0.05, 0) is 58.4 Å². The maximum absolute atomic E-state index is 12.5. The van der Waals surface area contributed by atoms with Crippen molar-refractivity contribution >= 4 is 11.6 Å². The lowest BCUT2D eigenvalue weighted by Crippen LogP contribution is -2.24. The molecule has 0 saturated carbocycles. The smallest absolute Gasteiger partial charge is 0.277 e. The Hall–Kier alpha value is -2.45. The van der Waals surface area contributed by atoms with Crippen LogP contribution in [0.5, 0.6) is 5.75 Å². The zero-order valence-electron chi connectivity index (χ0n) is 16.6. The predicted octanol–water partition coefficient (Wildman–Crippen LogP) is 3.03. The second kappa shape index (κ2) is 10.0. The van der Waals surface area contributed by atoms with Crippen molar-refractivity contribution in [3.8, 4) is 5.75 Å². The van der Waals surface area contributed by atoms with Crippen LogP contribution in [0, 0.1) is 6.92 Å². The van der Waals surface area contributed by atoms with Gasteiger partial charge in [-0.15, -0.1) is 5.10 Å². The van der Waals surface area contributed by atoms with E-state index in [1.165, 1.54) is 4.68 Å². The predicted molar refractivity (Wildman–Crippen MR) is 102 cm³/mol. The van der Waals surface area contributed by atoms with Crippen molar-refractivity contribution in [2.75, 3.05) is 18.5 Å². The molecule has 0 aliphatic rings. The summed E-state index contributed by atoms with van der Waals surface area (Å²) in [7, 11) is 0. The minimum absolute atomic E-state index is 0.0945.